The molecule has 0 atom stereocenters. The highest BCUT2D eigenvalue weighted by Crippen LogP contribution is 2.16. The van der Waals surface area contributed by atoms with Crippen LogP contribution in [-0.2, 0) is 4.74 Å². The first-order valence-corrected chi connectivity index (χ1v) is 4.99. The third-order valence-electron chi connectivity index (χ3n) is 2.02. The highest BCUT2D eigenvalue weighted by Gasteiger charge is 2.08. The number of hydrogen-bond acceptors (Lipinski definition) is 4. The van der Waals surface area contributed by atoms with E-state index in [9.17, 15) is 8.78 Å². The molecule has 0 unspecified atom stereocenters. The summed E-state index contributed by atoms with van der Waals surface area (Å²) in [6, 6.07) is 0.722. The number of halogens is 2. The molecule has 0 aromatic carbocycles. The number of aromatic nitrogens is 1. The van der Waals surface area contributed by atoms with Crippen molar-refractivity contribution in [2.45, 2.75) is 12.8 Å². The van der Waals surface area contributed by atoms with Gasteiger partial charge in [-0.25, -0.2) is 13.8 Å². The van der Waals surface area contributed by atoms with Crippen LogP contribution >= 0.6 is 0 Å². The second kappa shape index (κ2) is 6.22. The second-order valence-corrected chi connectivity index (χ2v) is 3.31. The van der Waals surface area contributed by atoms with E-state index in [0.29, 0.717) is 13.2 Å². The van der Waals surface area contributed by atoms with Gasteiger partial charge in [-0.15, -0.1) is 0 Å². The molecule has 6 heteroatoms. The first kappa shape index (κ1) is 12.6. The number of pyridine rings is 1. The predicted molar refractivity (Wildman–Crippen MR) is 58.2 cm³/mol. The summed E-state index contributed by atoms with van der Waals surface area (Å²) in [4.78, 5) is 3.58. The van der Waals surface area contributed by atoms with Crippen LogP contribution in [0.4, 0.5) is 20.4 Å². The summed E-state index contributed by atoms with van der Waals surface area (Å²) in [7, 11) is 1.62. The van der Waals surface area contributed by atoms with E-state index < -0.39 is 11.6 Å². The van der Waals surface area contributed by atoms with Crippen LogP contribution in [-0.4, -0.2) is 25.2 Å². The Morgan fingerprint density at radius 2 is 2.12 bits per heavy atom. The first-order chi connectivity index (χ1) is 7.65. The molecule has 0 fully saturated rings. The molecule has 0 saturated carbocycles. The Morgan fingerprint density at radius 1 is 1.38 bits per heavy atom. The van der Waals surface area contributed by atoms with Gasteiger partial charge in [0.05, 0.1) is 0 Å². The molecule has 0 aliphatic rings. The molecule has 0 spiro atoms. The molecule has 0 amide bonds. The SMILES string of the molecule is COCCCCNc1nc(N)c(F)cc1F. The van der Waals surface area contributed by atoms with Gasteiger partial charge in [-0.3, -0.25) is 0 Å². The Labute approximate surface area is 92.8 Å². The molecule has 16 heavy (non-hydrogen) atoms. The molecule has 1 aromatic heterocycles. The van der Waals surface area contributed by atoms with Crippen LogP contribution in [0.1, 0.15) is 12.8 Å². The van der Waals surface area contributed by atoms with Gasteiger partial charge >= 0.3 is 0 Å². The largest absolute Gasteiger partial charge is 0.385 e. The van der Waals surface area contributed by atoms with Gasteiger partial charge in [0.2, 0.25) is 0 Å². The van der Waals surface area contributed by atoms with E-state index in [2.05, 4.69) is 10.3 Å². The molecule has 0 bridgehead atoms. The van der Waals surface area contributed by atoms with Gasteiger partial charge in [0, 0.05) is 26.3 Å². The van der Waals surface area contributed by atoms with Crippen molar-refractivity contribution < 1.29 is 13.5 Å². The molecule has 1 rings (SSSR count). The maximum atomic E-state index is 13.2. The quantitative estimate of drug-likeness (QED) is 0.733. The molecular weight excluding hydrogens is 216 g/mol. The molecular formula is C10H15F2N3O. The lowest BCUT2D eigenvalue weighted by atomic mass is 10.3. The zero-order valence-electron chi connectivity index (χ0n) is 9.09. The summed E-state index contributed by atoms with van der Waals surface area (Å²) < 4.78 is 30.8. The minimum Gasteiger partial charge on any atom is -0.385 e. The highest BCUT2D eigenvalue weighted by atomic mass is 19.1. The standard InChI is InChI=1S/C10H15F2N3O/c1-16-5-3-2-4-14-10-8(12)6-7(11)9(13)15-10/h6H,2-5H2,1H3,(H3,13,14,15). The minimum atomic E-state index is -0.845. The average Bonchev–Trinajstić information content (AvgIpc) is 2.25. The first-order valence-electron chi connectivity index (χ1n) is 4.99. The predicted octanol–water partition coefficient (Wildman–Crippen LogP) is 1.78. The van der Waals surface area contributed by atoms with Gasteiger partial charge in [-0.2, -0.15) is 0 Å². The fourth-order valence-corrected chi connectivity index (χ4v) is 1.18. The molecule has 90 valence electrons. The molecule has 4 nitrogen and oxygen atoms in total. The van der Waals surface area contributed by atoms with Crippen LogP contribution in [0.25, 0.3) is 0 Å². The minimum absolute atomic E-state index is 0.0173. The zero-order chi connectivity index (χ0) is 12.0. The van der Waals surface area contributed by atoms with Crippen LogP contribution in [0.5, 0.6) is 0 Å². The van der Waals surface area contributed by atoms with Gasteiger partial charge in [0.1, 0.15) is 0 Å². The normalized spacial score (nSPS) is 10.4. The number of unbranched alkanes of at least 4 members (excludes halogenated alkanes) is 1. The van der Waals surface area contributed by atoms with Crippen LogP contribution in [0, 0.1) is 11.6 Å². The van der Waals surface area contributed by atoms with Crippen molar-refractivity contribution in [3.63, 3.8) is 0 Å². The van der Waals surface area contributed by atoms with Crippen molar-refractivity contribution in [3.05, 3.63) is 17.7 Å². The van der Waals surface area contributed by atoms with Crippen molar-refractivity contribution in [2.75, 3.05) is 31.3 Å². The van der Waals surface area contributed by atoms with Crippen LogP contribution in [0.3, 0.4) is 0 Å². The van der Waals surface area contributed by atoms with Gasteiger partial charge in [-0.05, 0) is 12.8 Å². The van der Waals surface area contributed by atoms with E-state index in [1.165, 1.54) is 0 Å². The monoisotopic (exact) mass is 231 g/mol. The van der Waals surface area contributed by atoms with Crippen molar-refractivity contribution in [1.82, 2.24) is 4.98 Å². The molecule has 0 aliphatic heterocycles. The number of anilines is 2. The maximum Gasteiger partial charge on any atom is 0.168 e. The summed E-state index contributed by atoms with van der Waals surface area (Å²) in [6.07, 6.45) is 1.67. The van der Waals surface area contributed by atoms with E-state index in [1.807, 2.05) is 0 Å². The van der Waals surface area contributed by atoms with Crippen LogP contribution in [0.2, 0.25) is 0 Å². The van der Waals surface area contributed by atoms with Crippen molar-refractivity contribution in [1.29, 1.82) is 0 Å². The van der Waals surface area contributed by atoms with Crippen molar-refractivity contribution >= 4 is 11.6 Å². The number of nitrogens with two attached hydrogens (primary N) is 1. The van der Waals surface area contributed by atoms with Gasteiger partial charge in [-0.1, -0.05) is 0 Å². The fraction of sp³-hybridized carbons (Fsp3) is 0.500. The second-order valence-electron chi connectivity index (χ2n) is 3.31. The van der Waals surface area contributed by atoms with E-state index >= 15 is 0 Å². The third kappa shape index (κ3) is 3.62. The van der Waals surface area contributed by atoms with Crippen molar-refractivity contribution in [2.24, 2.45) is 0 Å². The lowest BCUT2D eigenvalue weighted by Gasteiger charge is -2.07. The van der Waals surface area contributed by atoms with E-state index in [0.717, 1.165) is 18.9 Å². The zero-order valence-corrected chi connectivity index (χ0v) is 9.09. The summed E-state index contributed by atoms with van der Waals surface area (Å²) in [5.74, 6) is -1.90. The topological polar surface area (TPSA) is 60.2 Å². The Morgan fingerprint density at radius 3 is 2.81 bits per heavy atom. The van der Waals surface area contributed by atoms with Gasteiger partial charge in [0.25, 0.3) is 0 Å². The van der Waals surface area contributed by atoms with Crippen LogP contribution in [0.15, 0.2) is 6.07 Å². The van der Waals surface area contributed by atoms with Crippen LogP contribution < -0.4 is 11.1 Å². The molecule has 0 aliphatic carbocycles. The lowest BCUT2D eigenvalue weighted by Crippen LogP contribution is -2.08. The summed E-state index contributed by atoms with van der Waals surface area (Å²) in [5.41, 5.74) is 5.23. The Balaban J connectivity index is 2.45. The lowest BCUT2D eigenvalue weighted by molar-refractivity contribution is 0.193. The fourth-order valence-electron chi connectivity index (χ4n) is 1.18. The van der Waals surface area contributed by atoms with E-state index in [1.54, 1.807) is 7.11 Å². The molecule has 0 radical (unpaired) electrons. The average molecular weight is 231 g/mol. The molecule has 0 saturated heterocycles. The smallest absolute Gasteiger partial charge is 0.168 e. The number of rotatable bonds is 6. The number of hydrogen-bond donors (Lipinski definition) is 2. The van der Waals surface area contributed by atoms with E-state index in [4.69, 9.17) is 10.5 Å². The molecule has 1 heterocycles. The number of methoxy groups -OCH3 is 1. The Bertz CT molecular complexity index is 347. The Kier molecular flexibility index (Phi) is 4.91. The van der Waals surface area contributed by atoms with Gasteiger partial charge in [0.15, 0.2) is 23.3 Å². The number of nitrogen functional groups attached to an aromatic ring is 1. The number of nitrogens with zero attached hydrogens (tertiary/aromatic N) is 1. The van der Waals surface area contributed by atoms with Crippen molar-refractivity contribution in [3.8, 4) is 0 Å². The molecule has 3 N–H and O–H groups in total. The highest BCUT2D eigenvalue weighted by molar-refractivity contribution is 5.44. The summed E-state index contributed by atoms with van der Waals surface area (Å²) >= 11 is 0. The summed E-state index contributed by atoms with van der Waals surface area (Å²) in [5, 5.41) is 2.75. The maximum absolute atomic E-state index is 13.2. The third-order valence-corrected chi connectivity index (χ3v) is 2.02. The molecule has 1 aromatic rings. The number of ether oxygens (including phenoxy) is 1. The Hall–Kier alpha value is -1.43. The van der Waals surface area contributed by atoms with E-state index in [-0.39, 0.29) is 11.6 Å². The number of nitrogens with one attached hydrogen (secondary N) is 1. The summed E-state index contributed by atoms with van der Waals surface area (Å²) in [6.45, 7) is 1.20. The van der Waals surface area contributed by atoms with Gasteiger partial charge < -0.3 is 15.8 Å².